The van der Waals surface area contributed by atoms with E-state index in [1.165, 1.54) is 11.8 Å². The van der Waals surface area contributed by atoms with Gasteiger partial charge in [0.2, 0.25) is 5.91 Å². The molecule has 0 radical (unpaired) electrons. The van der Waals surface area contributed by atoms with E-state index in [0.29, 0.717) is 13.1 Å². The number of nitrogens with one attached hydrogen (secondary N) is 1. The van der Waals surface area contributed by atoms with Gasteiger partial charge in [-0.05, 0) is 31.0 Å². The Balaban J connectivity index is 1.89. The zero-order valence-corrected chi connectivity index (χ0v) is 16.3. The molecule has 27 heavy (non-hydrogen) atoms. The predicted octanol–water partition coefficient (Wildman–Crippen LogP) is 3.40. The molecule has 0 aliphatic carbocycles. The maximum Gasteiger partial charge on any atom is 0.233 e. The van der Waals surface area contributed by atoms with Crippen LogP contribution in [0, 0.1) is 0 Å². The topological polar surface area (TPSA) is 72.7 Å². The monoisotopic (exact) mass is 381 g/mol. The van der Waals surface area contributed by atoms with Gasteiger partial charge in [-0.2, -0.15) is 0 Å². The van der Waals surface area contributed by atoms with Gasteiger partial charge in [-0.25, -0.2) is 0 Å². The lowest BCUT2D eigenvalue weighted by atomic mass is 10.2. The molecule has 0 spiro atoms. The third-order valence-electron chi connectivity index (χ3n) is 4.02. The van der Waals surface area contributed by atoms with Crippen LogP contribution in [0.2, 0.25) is 0 Å². The fourth-order valence-electron chi connectivity index (χ4n) is 2.60. The van der Waals surface area contributed by atoms with E-state index in [9.17, 15) is 4.79 Å². The van der Waals surface area contributed by atoms with E-state index in [4.69, 9.17) is 0 Å². The highest BCUT2D eigenvalue weighted by Crippen LogP contribution is 2.27. The molecule has 2 heterocycles. The van der Waals surface area contributed by atoms with Gasteiger partial charge in [-0.1, -0.05) is 49.0 Å². The summed E-state index contributed by atoms with van der Waals surface area (Å²) in [6, 6.07) is 14.0. The van der Waals surface area contributed by atoms with Crippen LogP contribution in [-0.4, -0.2) is 37.5 Å². The van der Waals surface area contributed by atoms with Crippen LogP contribution >= 0.6 is 11.8 Å². The van der Waals surface area contributed by atoms with Crippen molar-refractivity contribution in [2.24, 2.45) is 0 Å². The molecule has 0 aliphatic rings. The first-order valence-electron chi connectivity index (χ1n) is 9.01. The second-order valence-electron chi connectivity index (χ2n) is 6.17. The van der Waals surface area contributed by atoms with Gasteiger partial charge >= 0.3 is 0 Å². The molecule has 0 saturated heterocycles. The second kappa shape index (κ2) is 9.32. The summed E-state index contributed by atoms with van der Waals surface area (Å²) in [4.78, 5) is 16.4. The van der Waals surface area contributed by atoms with Gasteiger partial charge in [0.25, 0.3) is 0 Å². The van der Waals surface area contributed by atoms with E-state index >= 15 is 0 Å². The summed E-state index contributed by atoms with van der Waals surface area (Å²) in [5.41, 5.74) is 2.04. The largest absolute Gasteiger partial charge is 0.355 e. The van der Waals surface area contributed by atoms with Crippen LogP contribution in [0.3, 0.4) is 0 Å². The summed E-state index contributed by atoms with van der Waals surface area (Å²) in [5.74, 6) is 0.759. The van der Waals surface area contributed by atoms with Gasteiger partial charge in [-0.15, -0.1) is 10.2 Å². The molecule has 0 saturated carbocycles. The first kappa shape index (κ1) is 19.1. The average molecular weight is 382 g/mol. The Kier molecular flexibility index (Phi) is 6.59. The standard InChI is InChI=1S/C20H23N5OS/c1-3-11-22-19(26)15(2)27-20-24-23-18(17-10-7-12-21-13-17)25(20)14-16-8-5-4-6-9-16/h4-10,12-13,15H,3,11,14H2,1-2H3,(H,22,26). The molecule has 1 unspecified atom stereocenters. The summed E-state index contributed by atoms with van der Waals surface area (Å²) < 4.78 is 2.04. The third kappa shape index (κ3) is 4.95. The number of hydrogen-bond acceptors (Lipinski definition) is 5. The van der Waals surface area contributed by atoms with Crippen LogP contribution in [0.5, 0.6) is 0 Å². The van der Waals surface area contributed by atoms with Gasteiger partial charge < -0.3 is 5.32 Å². The van der Waals surface area contributed by atoms with Crippen LogP contribution in [0.1, 0.15) is 25.8 Å². The van der Waals surface area contributed by atoms with E-state index in [1.807, 2.05) is 48.7 Å². The van der Waals surface area contributed by atoms with Gasteiger partial charge in [0.15, 0.2) is 11.0 Å². The molecule has 140 valence electrons. The van der Waals surface area contributed by atoms with Gasteiger partial charge in [0.1, 0.15) is 0 Å². The number of carbonyl (C=O) groups is 1. The number of rotatable bonds is 8. The Hall–Kier alpha value is -2.67. The van der Waals surface area contributed by atoms with Crippen LogP contribution in [0.15, 0.2) is 60.0 Å². The molecule has 0 aliphatic heterocycles. The lowest BCUT2D eigenvalue weighted by Gasteiger charge is -2.13. The molecule has 7 heteroatoms. The number of amides is 1. The molecule has 6 nitrogen and oxygen atoms in total. The molecule has 0 bridgehead atoms. The Morgan fingerprint density at radius 2 is 2.00 bits per heavy atom. The lowest BCUT2D eigenvalue weighted by Crippen LogP contribution is -2.31. The Morgan fingerprint density at radius 3 is 2.70 bits per heavy atom. The quantitative estimate of drug-likeness (QED) is 0.606. The molecule has 3 aromatic rings. The van der Waals surface area contributed by atoms with Crippen LogP contribution in [0.4, 0.5) is 0 Å². The molecule has 1 amide bonds. The molecular formula is C20H23N5OS. The van der Waals surface area contributed by atoms with Crippen molar-refractivity contribution in [1.29, 1.82) is 0 Å². The average Bonchev–Trinajstić information content (AvgIpc) is 3.09. The molecule has 3 rings (SSSR count). The fraction of sp³-hybridized carbons (Fsp3) is 0.300. The van der Waals surface area contributed by atoms with Crippen molar-refractivity contribution in [2.45, 2.75) is 37.2 Å². The molecule has 1 N–H and O–H groups in total. The normalized spacial score (nSPS) is 11.9. The highest BCUT2D eigenvalue weighted by atomic mass is 32.2. The van der Waals surface area contributed by atoms with Crippen molar-refractivity contribution in [3.05, 3.63) is 60.4 Å². The number of thioether (sulfide) groups is 1. The first-order chi connectivity index (χ1) is 13.2. The first-order valence-corrected chi connectivity index (χ1v) is 9.89. The van der Waals surface area contributed by atoms with Crippen molar-refractivity contribution < 1.29 is 4.79 Å². The summed E-state index contributed by atoms with van der Waals surface area (Å²) in [7, 11) is 0. The van der Waals surface area contributed by atoms with E-state index in [0.717, 1.165) is 28.5 Å². The Morgan fingerprint density at radius 1 is 1.19 bits per heavy atom. The van der Waals surface area contributed by atoms with Gasteiger partial charge in [0, 0.05) is 24.5 Å². The van der Waals surface area contributed by atoms with Crippen LogP contribution in [0.25, 0.3) is 11.4 Å². The Labute approximate surface area is 163 Å². The third-order valence-corrected chi connectivity index (χ3v) is 5.10. The maximum absolute atomic E-state index is 12.3. The molecule has 1 aromatic carbocycles. The number of carbonyl (C=O) groups excluding carboxylic acids is 1. The van der Waals surface area contributed by atoms with Gasteiger partial charge in [0.05, 0.1) is 11.8 Å². The van der Waals surface area contributed by atoms with Crippen molar-refractivity contribution in [3.8, 4) is 11.4 Å². The van der Waals surface area contributed by atoms with Crippen LogP contribution < -0.4 is 5.32 Å². The minimum absolute atomic E-state index is 0.0130. The van der Waals surface area contributed by atoms with Crippen LogP contribution in [-0.2, 0) is 11.3 Å². The molecule has 1 atom stereocenters. The van der Waals surface area contributed by atoms with Crippen molar-refractivity contribution in [1.82, 2.24) is 25.1 Å². The van der Waals surface area contributed by atoms with Gasteiger partial charge in [-0.3, -0.25) is 14.3 Å². The molecular weight excluding hydrogens is 358 g/mol. The maximum atomic E-state index is 12.3. The summed E-state index contributed by atoms with van der Waals surface area (Å²) >= 11 is 1.42. The highest BCUT2D eigenvalue weighted by Gasteiger charge is 2.20. The highest BCUT2D eigenvalue weighted by molar-refractivity contribution is 8.00. The molecule has 0 fully saturated rings. The Bertz CT molecular complexity index is 867. The summed E-state index contributed by atoms with van der Waals surface area (Å²) in [6.45, 7) is 5.24. The number of hydrogen-bond donors (Lipinski definition) is 1. The minimum Gasteiger partial charge on any atom is -0.355 e. The number of aromatic nitrogens is 4. The predicted molar refractivity (Wildman–Crippen MR) is 107 cm³/mol. The fourth-order valence-corrected chi connectivity index (χ4v) is 3.47. The summed E-state index contributed by atoms with van der Waals surface area (Å²) in [5, 5.41) is 12.1. The number of pyridine rings is 1. The zero-order valence-electron chi connectivity index (χ0n) is 15.5. The SMILES string of the molecule is CCCNC(=O)C(C)Sc1nnc(-c2cccnc2)n1Cc1ccccc1. The van der Waals surface area contributed by atoms with E-state index in [-0.39, 0.29) is 11.2 Å². The minimum atomic E-state index is -0.253. The number of benzene rings is 1. The van der Waals surface area contributed by atoms with Crippen molar-refractivity contribution in [2.75, 3.05) is 6.54 Å². The van der Waals surface area contributed by atoms with Crippen molar-refractivity contribution in [3.63, 3.8) is 0 Å². The lowest BCUT2D eigenvalue weighted by molar-refractivity contribution is -0.120. The second-order valence-corrected chi connectivity index (χ2v) is 7.48. The smallest absolute Gasteiger partial charge is 0.233 e. The molecule has 2 aromatic heterocycles. The zero-order chi connectivity index (χ0) is 19.1. The van der Waals surface area contributed by atoms with Crippen molar-refractivity contribution >= 4 is 17.7 Å². The van der Waals surface area contributed by atoms with E-state index < -0.39 is 0 Å². The summed E-state index contributed by atoms with van der Waals surface area (Å²) in [6.07, 6.45) is 4.42. The van der Waals surface area contributed by atoms with E-state index in [1.54, 1.807) is 12.4 Å². The number of nitrogens with zero attached hydrogens (tertiary/aromatic N) is 4. The van der Waals surface area contributed by atoms with E-state index in [2.05, 4.69) is 32.6 Å².